The molecule has 82 valence electrons. The molecule has 0 unspecified atom stereocenters. The van der Waals surface area contributed by atoms with Gasteiger partial charge in [0.25, 0.3) is 5.91 Å². The van der Waals surface area contributed by atoms with Crippen molar-refractivity contribution in [3.63, 3.8) is 0 Å². The number of amides is 1. The monoisotopic (exact) mass is 218 g/mol. The zero-order chi connectivity index (χ0) is 11.4. The minimum absolute atomic E-state index is 0.406. The molecule has 1 aromatic heterocycles. The number of benzene rings is 1. The van der Waals surface area contributed by atoms with Crippen LogP contribution in [0.4, 0.5) is 0 Å². The first-order chi connectivity index (χ1) is 7.79. The van der Waals surface area contributed by atoms with E-state index in [-0.39, 0.29) is 0 Å². The highest BCUT2D eigenvalue weighted by Gasteiger charge is 2.04. The van der Waals surface area contributed by atoms with Gasteiger partial charge >= 0.3 is 0 Å². The summed E-state index contributed by atoms with van der Waals surface area (Å²) in [7, 11) is 0. The number of nitrogens with one attached hydrogen (secondary N) is 2. The molecule has 0 aliphatic rings. The van der Waals surface area contributed by atoms with E-state index in [1.54, 1.807) is 29.7 Å². The van der Waals surface area contributed by atoms with E-state index >= 15 is 0 Å². The molecule has 0 aliphatic carbocycles. The van der Waals surface area contributed by atoms with Crippen molar-refractivity contribution < 1.29 is 10.0 Å². The topological polar surface area (TPSA) is 90.9 Å². The van der Waals surface area contributed by atoms with Crippen LogP contribution in [0.15, 0.2) is 30.6 Å². The number of hydrogen-bond acceptors (Lipinski definition) is 4. The Hall–Kier alpha value is -2.21. The van der Waals surface area contributed by atoms with E-state index in [1.165, 1.54) is 6.33 Å². The zero-order valence-corrected chi connectivity index (χ0v) is 8.34. The van der Waals surface area contributed by atoms with Gasteiger partial charge in [-0.2, -0.15) is 5.10 Å². The van der Waals surface area contributed by atoms with E-state index in [0.717, 1.165) is 11.4 Å². The first-order valence-electron chi connectivity index (χ1n) is 4.67. The number of H-pyrrole nitrogens is 1. The Labute approximate surface area is 91.3 Å². The van der Waals surface area contributed by atoms with Gasteiger partial charge in [0.2, 0.25) is 0 Å². The molecule has 1 heterocycles. The third-order valence-corrected chi connectivity index (χ3v) is 2.15. The number of carbonyl (C=O) groups is 1. The second-order valence-corrected chi connectivity index (χ2v) is 3.25. The van der Waals surface area contributed by atoms with E-state index < -0.39 is 5.91 Å². The van der Waals surface area contributed by atoms with Gasteiger partial charge in [-0.3, -0.25) is 15.1 Å². The molecule has 0 fully saturated rings. The van der Waals surface area contributed by atoms with Crippen LogP contribution >= 0.6 is 0 Å². The van der Waals surface area contributed by atoms with Crippen molar-refractivity contribution in [2.45, 2.75) is 6.42 Å². The van der Waals surface area contributed by atoms with Gasteiger partial charge in [-0.25, -0.2) is 10.5 Å². The summed E-state index contributed by atoms with van der Waals surface area (Å²) in [5.74, 6) is 0.241. The normalized spacial score (nSPS) is 10.1. The summed E-state index contributed by atoms with van der Waals surface area (Å²) in [5.41, 5.74) is 2.99. The lowest BCUT2D eigenvalue weighted by molar-refractivity contribution is 0.0706. The van der Waals surface area contributed by atoms with Crippen LogP contribution in [0.25, 0.3) is 0 Å². The Kier molecular flexibility index (Phi) is 2.93. The Morgan fingerprint density at radius 3 is 2.69 bits per heavy atom. The molecule has 1 amide bonds. The molecule has 2 aromatic rings. The number of hydrogen-bond donors (Lipinski definition) is 3. The summed E-state index contributed by atoms with van der Waals surface area (Å²) < 4.78 is 0. The molecule has 0 aliphatic heterocycles. The Bertz CT molecular complexity index is 464. The van der Waals surface area contributed by atoms with Gasteiger partial charge in [0.05, 0.1) is 0 Å². The summed E-state index contributed by atoms with van der Waals surface area (Å²) in [6, 6.07) is 6.87. The third-order valence-electron chi connectivity index (χ3n) is 2.15. The van der Waals surface area contributed by atoms with Gasteiger partial charge in [0, 0.05) is 12.0 Å². The number of aromatic nitrogens is 3. The SMILES string of the molecule is O=C(NO)c1ccc(Cc2ncn[nH]2)cc1. The standard InChI is InChI=1S/C10H10N4O2/c15-10(14-16)8-3-1-7(2-4-8)5-9-11-6-12-13-9/h1-4,6,16H,5H2,(H,14,15)(H,11,12,13). The minimum Gasteiger partial charge on any atom is -0.288 e. The van der Waals surface area contributed by atoms with Crippen LogP contribution < -0.4 is 5.48 Å². The molecule has 16 heavy (non-hydrogen) atoms. The molecule has 0 radical (unpaired) electrons. The van der Waals surface area contributed by atoms with Gasteiger partial charge in [-0.15, -0.1) is 0 Å². The molecule has 6 heteroatoms. The van der Waals surface area contributed by atoms with Crippen molar-refractivity contribution in [2.24, 2.45) is 0 Å². The summed E-state index contributed by atoms with van der Waals surface area (Å²) in [4.78, 5) is 15.1. The number of nitrogens with zero attached hydrogens (tertiary/aromatic N) is 2. The number of carbonyl (C=O) groups excluding carboxylic acids is 1. The van der Waals surface area contributed by atoms with Crippen LogP contribution in [0.2, 0.25) is 0 Å². The van der Waals surface area contributed by atoms with E-state index in [1.807, 2.05) is 0 Å². The summed E-state index contributed by atoms with van der Waals surface area (Å²) in [6.07, 6.45) is 2.07. The van der Waals surface area contributed by atoms with Crippen molar-refractivity contribution in [1.82, 2.24) is 20.7 Å². The van der Waals surface area contributed by atoms with E-state index in [4.69, 9.17) is 5.21 Å². The van der Waals surface area contributed by atoms with Crippen LogP contribution in [0.1, 0.15) is 21.7 Å². The first kappa shape index (κ1) is 10.3. The highest BCUT2D eigenvalue weighted by atomic mass is 16.5. The maximum absolute atomic E-state index is 11.1. The summed E-state index contributed by atoms with van der Waals surface area (Å²) in [5, 5.41) is 14.9. The van der Waals surface area contributed by atoms with Crippen molar-refractivity contribution in [3.05, 3.63) is 47.5 Å². The molecule has 0 bridgehead atoms. The molecule has 0 saturated carbocycles. The van der Waals surface area contributed by atoms with Crippen LogP contribution in [0, 0.1) is 0 Å². The van der Waals surface area contributed by atoms with Gasteiger partial charge in [0.15, 0.2) is 0 Å². The fraction of sp³-hybridized carbons (Fsp3) is 0.100. The van der Waals surface area contributed by atoms with Gasteiger partial charge < -0.3 is 0 Å². The Morgan fingerprint density at radius 2 is 2.12 bits per heavy atom. The predicted molar refractivity (Wildman–Crippen MR) is 54.9 cm³/mol. The summed E-state index contributed by atoms with van der Waals surface area (Å²) in [6.45, 7) is 0. The second-order valence-electron chi connectivity index (χ2n) is 3.25. The molecule has 0 atom stereocenters. The lowest BCUT2D eigenvalue weighted by atomic mass is 10.1. The highest BCUT2D eigenvalue weighted by Crippen LogP contribution is 2.07. The number of hydroxylamine groups is 1. The summed E-state index contributed by atoms with van der Waals surface area (Å²) >= 11 is 0. The smallest absolute Gasteiger partial charge is 0.274 e. The molecule has 2 rings (SSSR count). The van der Waals surface area contributed by atoms with Crippen LogP contribution in [-0.4, -0.2) is 26.3 Å². The quantitative estimate of drug-likeness (QED) is 0.517. The maximum Gasteiger partial charge on any atom is 0.274 e. The number of rotatable bonds is 3. The first-order valence-corrected chi connectivity index (χ1v) is 4.67. The highest BCUT2D eigenvalue weighted by molar-refractivity contribution is 5.93. The number of aromatic amines is 1. The van der Waals surface area contributed by atoms with Gasteiger partial charge in [-0.05, 0) is 17.7 Å². The molecular formula is C10H10N4O2. The Morgan fingerprint density at radius 1 is 1.38 bits per heavy atom. The average molecular weight is 218 g/mol. The third kappa shape index (κ3) is 2.23. The molecule has 3 N–H and O–H groups in total. The molecular weight excluding hydrogens is 208 g/mol. The van der Waals surface area contributed by atoms with Crippen molar-refractivity contribution >= 4 is 5.91 Å². The lowest BCUT2D eigenvalue weighted by Gasteiger charge is -2.01. The van der Waals surface area contributed by atoms with Crippen LogP contribution in [0.3, 0.4) is 0 Å². The van der Waals surface area contributed by atoms with E-state index in [0.29, 0.717) is 12.0 Å². The van der Waals surface area contributed by atoms with E-state index in [9.17, 15) is 4.79 Å². The largest absolute Gasteiger partial charge is 0.288 e. The minimum atomic E-state index is -0.522. The molecule has 0 spiro atoms. The van der Waals surface area contributed by atoms with Crippen LogP contribution in [0.5, 0.6) is 0 Å². The van der Waals surface area contributed by atoms with Crippen molar-refractivity contribution in [1.29, 1.82) is 0 Å². The predicted octanol–water partition coefficient (Wildman–Crippen LogP) is 0.515. The fourth-order valence-electron chi connectivity index (χ4n) is 1.35. The Balaban J connectivity index is 2.10. The van der Waals surface area contributed by atoms with Gasteiger partial charge in [-0.1, -0.05) is 12.1 Å². The van der Waals surface area contributed by atoms with Gasteiger partial charge in [0.1, 0.15) is 12.2 Å². The van der Waals surface area contributed by atoms with Crippen LogP contribution in [-0.2, 0) is 6.42 Å². The molecule has 6 nitrogen and oxygen atoms in total. The second kappa shape index (κ2) is 4.54. The fourth-order valence-corrected chi connectivity index (χ4v) is 1.35. The average Bonchev–Trinajstić information content (AvgIpc) is 2.82. The maximum atomic E-state index is 11.1. The molecule has 1 aromatic carbocycles. The van der Waals surface area contributed by atoms with Crippen molar-refractivity contribution in [2.75, 3.05) is 0 Å². The zero-order valence-electron chi connectivity index (χ0n) is 8.34. The van der Waals surface area contributed by atoms with E-state index in [2.05, 4.69) is 15.2 Å². The van der Waals surface area contributed by atoms with Crippen molar-refractivity contribution in [3.8, 4) is 0 Å². The lowest BCUT2D eigenvalue weighted by Crippen LogP contribution is -2.18. The molecule has 0 saturated heterocycles.